The molecule has 1 aliphatic rings. The molecule has 0 saturated carbocycles. The van der Waals surface area contributed by atoms with Crippen molar-refractivity contribution in [3.63, 3.8) is 0 Å². The Kier molecular flexibility index (Phi) is 6.29. The Morgan fingerprint density at radius 1 is 1.17 bits per heavy atom. The van der Waals surface area contributed by atoms with Crippen LogP contribution in [0.4, 0.5) is 5.69 Å². The second kappa shape index (κ2) is 9.10. The Hall–Kier alpha value is -2.51. The van der Waals surface area contributed by atoms with Gasteiger partial charge in [0.2, 0.25) is 11.1 Å². The summed E-state index contributed by atoms with van der Waals surface area (Å²) >= 11 is 7.52. The summed E-state index contributed by atoms with van der Waals surface area (Å²) in [5.41, 5.74) is 6.42. The Morgan fingerprint density at radius 2 is 1.93 bits per heavy atom. The van der Waals surface area contributed by atoms with Gasteiger partial charge in [-0.1, -0.05) is 67.5 Å². The normalized spacial score (nSPS) is 17.8. The lowest BCUT2D eigenvalue weighted by atomic mass is 10.0. The van der Waals surface area contributed by atoms with Gasteiger partial charge in [0.25, 0.3) is 0 Å². The zero-order valence-electron chi connectivity index (χ0n) is 16.9. The number of amides is 1. The molecule has 2 atom stereocenters. The first-order valence-corrected chi connectivity index (χ1v) is 11.4. The van der Waals surface area contributed by atoms with Gasteiger partial charge in [0.05, 0.1) is 6.04 Å². The molecule has 0 aliphatic carbocycles. The molecule has 2 heterocycles. The largest absolute Gasteiger partial charge is 0.325 e. The van der Waals surface area contributed by atoms with Crippen molar-refractivity contribution in [2.45, 2.75) is 49.6 Å². The summed E-state index contributed by atoms with van der Waals surface area (Å²) in [7, 11) is 0. The van der Waals surface area contributed by atoms with E-state index in [2.05, 4.69) is 34.8 Å². The van der Waals surface area contributed by atoms with E-state index >= 15 is 0 Å². The predicted octanol–water partition coefficient (Wildman–Crippen LogP) is 4.84. The van der Waals surface area contributed by atoms with E-state index in [9.17, 15) is 4.79 Å². The molecule has 0 saturated heterocycles. The first-order chi connectivity index (χ1) is 14.6. The van der Waals surface area contributed by atoms with Crippen LogP contribution in [-0.4, -0.2) is 26.0 Å². The van der Waals surface area contributed by atoms with Crippen LogP contribution in [0, 0.1) is 0 Å². The Labute approximate surface area is 185 Å². The van der Waals surface area contributed by atoms with E-state index in [-0.39, 0.29) is 11.9 Å². The molecule has 0 spiro atoms. The summed E-state index contributed by atoms with van der Waals surface area (Å²) in [5, 5.41) is 12.7. The van der Waals surface area contributed by atoms with Crippen LogP contribution in [-0.2, 0) is 17.6 Å². The number of nitrogens with zero attached hydrogens (tertiary/aromatic N) is 3. The number of benzene rings is 2. The highest BCUT2D eigenvalue weighted by atomic mass is 35.5. The Morgan fingerprint density at radius 3 is 2.67 bits per heavy atom. The van der Waals surface area contributed by atoms with Crippen LogP contribution < -0.4 is 10.7 Å². The number of halogens is 1. The number of thioether (sulfide) groups is 1. The van der Waals surface area contributed by atoms with Gasteiger partial charge in [-0.2, -0.15) is 0 Å². The number of hydrogen-bond donors (Lipinski definition) is 2. The van der Waals surface area contributed by atoms with E-state index in [0.717, 1.165) is 41.9 Å². The van der Waals surface area contributed by atoms with Crippen LogP contribution >= 0.6 is 23.4 Å². The van der Waals surface area contributed by atoms with Crippen LogP contribution in [0.1, 0.15) is 43.3 Å². The molecule has 1 aromatic heterocycles. The SMILES string of the molecule is CCCc1nnc2n1N[C@H](c1ccc(Cl)cc1)[C@@H](C(=O)Nc1ccccc1CC)S2. The van der Waals surface area contributed by atoms with E-state index in [4.69, 9.17) is 11.6 Å². The monoisotopic (exact) mass is 441 g/mol. The smallest absolute Gasteiger partial charge is 0.240 e. The summed E-state index contributed by atoms with van der Waals surface area (Å²) in [6.07, 6.45) is 2.63. The number of nitrogens with one attached hydrogen (secondary N) is 2. The zero-order chi connectivity index (χ0) is 21.1. The first kappa shape index (κ1) is 20.8. The third-order valence-electron chi connectivity index (χ3n) is 5.12. The first-order valence-electron chi connectivity index (χ1n) is 10.1. The van der Waals surface area contributed by atoms with Crippen LogP contribution in [0.15, 0.2) is 53.7 Å². The molecule has 4 rings (SSSR count). The molecular formula is C22H24ClN5OS. The Balaban J connectivity index is 1.67. The van der Waals surface area contributed by atoms with Gasteiger partial charge in [-0.3, -0.25) is 4.79 Å². The number of fused-ring (bicyclic) bond motifs is 1. The van der Waals surface area contributed by atoms with Gasteiger partial charge in [0, 0.05) is 17.1 Å². The van der Waals surface area contributed by atoms with Crippen LogP contribution in [0.5, 0.6) is 0 Å². The van der Waals surface area contributed by atoms with Crippen molar-refractivity contribution in [3.8, 4) is 0 Å². The maximum absolute atomic E-state index is 13.4. The number of carbonyl (C=O) groups is 1. The second-order valence-corrected chi connectivity index (χ2v) is 8.73. The molecule has 0 bridgehead atoms. The number of carbonyl (C=O) groups excluding carboxylic acids is 1. The van der Waals surface area contributed by atoms with Crippen LogP contribution in [0.3, 0.4) is 0 Å². The molecule has 0 unspecified atom stereocenters. The van der Waals surface area contributed by atoms with Gasteiger partial charge in [-0.15, -0.1) is 10.2 Å². The van der Waals surface area contributed by atoms with Crippen molar-refractivity contribution in [1.82, 2.24) is 14.9 Å². The third-order valence-corrected chi connectivity index (χ3v) is 6.59. The molecule has 6 nitrogen and oxygen atoms in total. The van der Waals surface area contributed by atoms with E-state index in [1.807, 2.05) is 53.2 Å². The summed E-state index contributed by atoms with van der Waals surface area (Å²) in [6, 6.07) is 15.2. The second-order valence-electron chi connectivity index (χ2n) is 7.18. The molecular weight excluding hydrogens is 418 g/mol. The molecule has 156 valence electrons. The van der Waals surface area contributed by atoms with E-state index in [1.165, 1.54) is 11.8 Å². The average molecular weight is 442 g/mol. The molecule has 0 fully saturated rings. The quantitative estimate of drug-likeness (QED) is 0.572. The predicted molar refractivity (Wildman–Crippen MR) is 122 cm³/mol. The van der Waals surface area contributed by atoms with Gasteiger partial charge in [-0.05, 0) is 42.2 Å². The minimum atomic E-state index is -0.415. The van der Waals surface area contributed by atoms with Crippen molar-refractivity contribution in [1.29, 1.82) is 0 Å². The maximum atomic E-state index is 13.4. The number of aromatic nitrogens is 3. The topological polar surface area (TPSA) is 71.8 Å². The fourth-order valence-corrected chi connectivity index (χ4v) is 4.78. The summed E-state index contributed by atoms with van der Waals surface area (Å²) in [6.45, 7) is 4.19. The highest BCUT2D eigenvalue weighted by Crippen LogP contribution is 2.38. The van der Waals surface area contributed by atoms with Crippen molar-refractivity contribution < 1.29 is 4.79 Å². The fourth-order valence-electron chi connectivity index (χ4n) is 3.56. The van der Waals surface area contributed by atoms with Crippen molar-refractivity contribution in [2.75, 3.05) is 10.7 Å². The van der Waals surface area contributed by atoms with Gasteiger partial charge >= 0.3 is 0 Å². The molecule has 30 heavy (non-hydrogen) atoms. The average Bonchev–Trinajstić information content (AvgIpc) is 3.16. The summed E-state index contributed by atoms with van der Waals surface area (Å²) in [5.74, 6) is 0.800. The fraction of sp³-hybridized carbons (Fsp3) is 0.318. The lowest BCUT2D eigenvalue weighted by Gasteiger charge is -2.33. The minimum Gasteiger partial charge on any atom is -0.325 e. The lowest BCUT2D eigenvalue weighted by Crippen LogP contribution is -2.41. The number of rotatable bonds is 6. The molecule has 1 aliphatic heterocycles. The lowest BCUT2D eigenvalue weighted by molar-refractivity contribution is -0.116. The molecule has 2 N–H and O–H groups in total. The third kappa shape index (κ3) is 4.18. The molecule has 2 aromatic carbocycles. The Bertz CT molecular complexity index is 1040. The van der Waals surface area contributed by atoms with E-state index in [1.54, 1.807) is 0 Å². The number of anilines is 1. The summed E-state index contributed by atoms with van der Waals surface area (Å²) in [4.78, 5) is 13.4. The highest BCUT2D eigenvalue weighted by molar-refractivity contribution is 8.00. The van der Waals surface area contributed by atoms with E-state index in [0.29, 0.717) is 10.2 Å². The number of hydrogen-bond acceptors (Lipinski definition) is 5. The van der Waals surface area contributed by atoms with Gasteiger partial charge < -0.3 is 10.7 Å². The molecule has 0 radical (unpaired) electrons. The minimum absolute atomic E-state index is 0.0698. The van der Waals surface area contributed by atoms with Crippen LogP contribution in [0.25, 0.3) is 0 Å². The maximum Gasteiger partial charge on any atom is 0.240 e. The number of para-hydroxylation sites is 1. The molecule has 8 heteroatoms. The van der Waals surface area contributed by atoms with Crippen molar-refractivity contribution in [3.05, 3.63) is 70.5 Å². The highest BCUT2D eigenvalue weighted by Gasteiger charge is 2.37. The standard InChI is InChI=1S/C22H24ClN5OS/c1-3-7-18-25-26-22-28(18)27-19(15-10-12-16(23)13-11-15)20(30-22)21(29)24-17-9-6-5-8-14(17)4-2/h5-6,8-13,19-20,27H,3-4,7H2,1-2H3,(H,24,29)/t19-,20+/m1/s1. The van der Waals surface area contributed by atoms with E-state index < -0.39 is 5.25 Å². The van der Waals surface area contributed by atoms with Gasteiger partial charge in [0.1, 0.15) is 5.25 Å². The molecule has 3 aromatic rings. The van der Waals surface area contributed by atoms with Crippen molar-refractivity contribution in [2.24, 2.45) is 0 Å². The van der Waals surface area contributed by atoms with Gasteiger partial charge in [0.15, 0.2) is 5.82 Å². The number of aryl methyl sites for hydroxylation is 2. The van der Waals surface area contributed by atoms with Gasteiger partial charge in [-0.25, -0.2) is 4.68 Å². The van der Waals surface area contributed by atoms with Crippen molar-refractivity contribution >= 4 is 35.0 Å². The zero-order valence-corrected chi connectivity index (χ0v) is 18.5. The van der Waals surface area contributed by atoms with Crippen LogP contribution in [0.2, 0.25) is 5.02 Å². The molecule has 1 amide bonds. The summed E-state index contributed by atoms with van der Waals surface area (Å²) < 4.78 is 1.91.